The van der Waals surface area contributed by atoms with Crippen molar-refractivity contribution in [1.29, 1.82) is 0 Å². The van der Waals surface area contributed by atoms with Crippen molar-refractivity contribution in [2.75, 3.05) is 44.2 Å². The van der Waals surface area contributed by atoms with E-state index >= 15 is 0 Å². The quantitative estimate of drug-likeness (QED) is 0.590. The molecule has 0 aliphatic carbocycles. The highest BCUT2D eigenvalue weighted by Crippen LogP contribution is 2.24. The normalized spacial score (nSPS) is 17.9. The van der Waals surface area contributed by atoms with Crippen LogP contribution >= 0.6 is 0 Å². The molecule has 0 spiro atoms. The summed E-state index contributed by atoms with van der Waals surface area (Å²) in [4.78, 5) is 39.6. The molecule has 2 aliphatic rings. The van der Waals surface area contributed by atoms with Crippen LogP contribution in [0.25, 0.3) is 11.0 Å². The zero-order valence-electron chi connectivity index (χ0n) is 20.1. The molecule has 0 saturated carbocycles. The van der Waals surface area contributed by atoms with Crippen LogP contribution in [0.15, 0.2) is 42.5 Å². The van der Waals surface area contributed by atoms with Gasteiger partial charge in [-0.25, -0.2) is 4.98 Å². The molecular weight excluding hydrogens is 426 g/mol. The molecule has 7 nitrogen and oxygen atoms in total. The van der Waals surface area contributed by atoms with Crippen LogP contribution in [0.5, 0.6) is 0 Å². The number of piperidine rings is 1. The van der Waals surface area contributed by atoms with E-state index in [1.165, 1.54) is 5.56 Å². The molecule has 0 unspecified atom stereocenters. The SMILES string of the molecule is CC(=O)c1ccc(N2CCN(C(=O)C3CCN(Cc4nc5ccc(C)cc5[nH]4)CC3)CC2)cc1. The number of H-pyrrole nitrogens is 1. The highest BCUT2D eigenvalue weighted by molar-refractivity contribution is 5.94. The second-order valence-corrected chi connectivity index (χ2v) is 9.67. The second-order valence-electron chi connectivity index (χ2n) is 9.67. The van der Waals surface area contributed by atoms with Gasteiger partial charge in [-0.1, -0.05) is 6.07 Å². The fourth-order valence-electron chi connectivity index (χ4n) is 5.15. The summed E-state index contributed by atoms with van der Waals surface area (Å²) < 4.78 is 0. The first-order chi connectivity index (χ1) is 16.5. The maximum Gasteiger partial charge on any atom is 0.225 e. The Morgan fingerprint density at radius 2 is 1.68 bits per heavy atom. The first-order valence-electron chi connectivity index (χ1n) is 12.3. The molecule has 0 bridgehead atoms. The molecular formula is C27H33N5O2. The number of ketones is 1. The molecule has 5 rings (SSSR count). The van der Waals surface area contributed by atoms with Gasteiger partial charge in [0.25, 0.3) is 0 Å². The number of aromatic amines is 1. The molecule has 34 heavy (non-hydrogen) atoms. The lowest BCUT2D eigenvalue weighted by Gasteiger charge is -2.39. The molecule has 178 valence electrons. The van der Waals surface area contributed by atoms with Crippen molar-refractivity contribution >= 4 is 28.4 Å². The van der Waals surface area contributed by atoms with Gasteiger partial charge >= 0.3 is 0 Å². The van der Waals surface area contributed by atoms with Crippen molar-refractivity contribution in [3.63, 3.8) is 0 Å². The zero-order chi connectivity index (χ0) is 23.7. The Balaban J connectivity index is 1.10. The Morgan fingerprint density at radius 1 is 0.971 bits per heavy atom. The number of nitrogens with one attached hydrogen (secondary N) is 1. The van der Waals surface area contributed by atoms with E-state index in [1.54, 1.807) is 6.92 Å². The van der Waals surface area contributed by atoms with Crippen molar-refractivity contribution in [3.8, 4) is 0 Å². The Morgan fingerprint density at radius 3 is 2.35 bits per heavy atom. The topological polar surface area (TPSA) is 72.5 Å². The number of piperazine rings is 1. The number of rotatable bonds is 5. The molecule has 3 heterocycles. The van der Waals surface area contributed by atoms with Gasteiger partial charge in [0, 0.05) is 43.3 Å². The van der Waals surface area contributed by atoms with Crippen molar-refractivity contribution in [2.24, 2.45) is 5.92 Å². The summed E-state index contributed by atoms with van der Waals surface area (Å²) >= 11 is 0. The number of hydrogen-bond donors (Lipinski definition) is 1. The minimum atomic E-state index is 0.0840. The third kappa shape index (κ3) is 4.85. The van der Waals surface area contributed by atoms with Crippen LogP contribution in [0.4, 0.5) is 5.69 Å². The molecule has 3 aromatic rings. The fraction of sp³-hybridized carbons (Fsp3) is 0.444. The van der Waals surface area contributed by atoms with Gasteiger partial charge in [0.2, 0.25) is 5.91 Å². The summed E-state index contributed by atoms with van der Waals surface area (Å²) in [7, 11) is 0. The largest absolute Gasteiger partial charge is 0.368 e. The van der Waals surface area contributed by atoms with Crippen LogP contribution in [-0.2, 0) is 11.3 Å². The number of fused-ring (bicyclic) bond motifs is 1. The number of aromatic nitrogens is 2. The first-order valence-corrected chi connectivity index (χ1v) is 12.3. The number of benzene rings is 2. The summed E-state index contributed by atoms with van der Waals surface area (Å²) in [5.74, 6) is 1.51. The number of aryl methyl sites for hydroxylation is 1. The predicted octanol–water partition coefficient (Wildman–Crippen LogP) is 3.63. The minimum absolute atomic E-state index is 0.0840. The Labute approximate surface area is 200 Å². The molecule has 2 aliphatic heterocycles. The molecule has 1 aromatic heterocycles. The lowest BCUT2D eigenvalue weighted by molar-refractivity contribution is -0.137. The van der Waals surface area contributed by atoms with E-state index in [2.05, 4.69) is 39.9 Å². The van der Waals surface area contributed by atoms with Gasteiger partial charge in [0.1, 0.15) is 5.82 Å². The standard InChI is InChI=1S/C27H33N5O2/c1-19-3-8-24-25(17-19)29-26(28-24)18-30-11-9-22(10-12-30)27(34)32-15-13-31(14-16-32)23-6-4-21(5-7-23)20(2)33/h3-8,17,22H,9-16,18H2,1-2H3,(H,28,29). The van der Waals surface area contributed by atoms with Crippen LogP contribution in [0, 0.1) is 12.8 Å². The third-order valence-electron chi connectivity index (χ3n) is 7.23. The molecule has 0 atom stereocenters. The molecule has 1 amide bonds. The Hall–Kier alpha value is -3.19. The molecule has 0 radical (unpaired) electrons. The van der Waals surface area contributed by atoms with Crippen molar-refractivity contribution in [2.45, 2.75) is 33.2 Å². The average Bonchev–Trinajstić information content (AvgIpc) is 3.25. The number of amides is 1. The molecule has 2 aromatic carbocycles. The van der Waals surface area contributed by atoms with Crippen LogP contribution in [0.2, 0.25) is 0 Å². The molecule has 2 saturated heterocycles. The monoisotopic (exact) mass is 459 g/mol. The van der Waals surface area contributed by atoms with E-state index in [-0.39, 0.29) is 11.7 Å². The van der Waals surface area contributed by atoms with Gasteiger partial charge in [-0.3, -0.25) is 14.5 Å². The number of anilines is 1. The first kappa shape index (κ1) is 22.6. The van der Waals surface area contributed by atoms with Gasteiger partial charge in [-0.2, -0.15) is 0 Å². The van der Waals surface area contributed by atoms with Gasteiger partial charge in [0.15, 0.2) is 5.78 Å². The maximum absolute atomic E-state index is 13.2. The number of hydrogen-bond acceptors (Lipinski definition) is 5. The molecule has 1 N–H and O–H groups in total. The number of carbonyl (C=O) groups is 2. The summed E-state index contributed by atoms with van der Waals surface area (Å²) in [6, 6.07) is 14.1. The number of carbonyl (C=O) groups excluding carboxylic acids is 2. The van der Waals surface area contributed by atoms with Crippen LogP contribution in [0.3, 0.4) is 0 Å². The minimum Gasteiger partial charge on any atom is -0.368 e. The summed E-state index contributed by atoms with van der Waals surface area (Å²) in [6.07, 6.45) is 1.82. The van der Waals surface area contributed by atoms with E-state index in [1.807, 2.05) is 29.2 Å². The maximum atomic E-state index is 13.2. The number of nitrogens with zero attached hydrogens (tertiary/aromatic N) is 4. The van der Waals surface area contributed by atoms with Crippen molar-refractivity contribution in [3.05, 3.63) is 59.4 Å². The molecule has 2 fully saturated rings. The molecule has 7 heteroatoms. The van der Waals surface area contributed by atoms with E-state index in [0.29, 0.717) is 5.91 Å². The Bertz CT molecular complexity index is 1170. The number of Topliss-reactive ketones (excluding diaryl/α,β-unsaturated/α-hetero) is 1. The average molecular weight is 460 g/mol. The van der Waals surface area contributed by atoms with Crippen LogP contribution < -0.4 is 4.90 Å². The highest BCUT2D eigenvalue weighted by Gasteiger charge is 2.30. The van der Waals surface area contributed by atoms with E-state index < -0.39 is 0 Å². The van der Waals surface area contributed by atoms with Gasteiger partial charge in [-0.05, 0) is 81.7 Å². The summed E-state index contributed by atoms with van der Waals surface area (Å²) in [5.41, 5.74) is 5.19. The van der Waals surface area contributed by atoms with E-state index in [9.17, 15) is 9.59 Å². The Kier molecular flexibility index (Phi) is 6.37. The van der Waals surface area contributed by atoms with Gasteiger partial charge < -0.3 is 14.8 Å². The van der Waals surface area contributed by atoms with E-state index in [0.717, 1.165) is 86.8 Å². The number of likely N-dealkylation sites (tertiary alicyclic amines) is 1. The van der Waals surface area contributed by atoms with Crippen LogP contribution in [0.1, 0.15) is 41.5 Å². The van der Waals surface area contributed by atoms with Gasteiger partial charge in [-0.15, -0.1) is 0 Å². The third-order valence-corrected chi connectivity index (χ3v) is 7.23. The highest BCUT2D eigenvalue weighted by atomic mass is 16.2. The second kappa shape index (κ2) is 9.58. The summed E-state index contributed by atoms with van der Waals surface area (Å²) in [6.45, 7) is 9.50. The fourth-order valence-corrected chi connectivity index (χ4v) is 5.15. The smallest absolute Gasteiger partial charge is 0.225 e. The van der Waals surface area contributed by atoms with E-state index in [4.69, 9.17) is 4.98 Å². The van der Waals surface area contributed by atoms with Crippen molar-refractivity contribution in [1.82, 2.24) is 19.8 Å². The lowest BCUT2D eigenvalue weighted by atomic mass is 9.95. The lowest BCUT2D eigenvalue weighted by Crippen LogP contribution is -2.51. The number of imidazole rings is 1. The summed E-state index contributed by atoms with van der Waals surface area (Å²) in [5, 5.41) is 0. The van der Waals surface area contributed by atoms with Gasteiger partial charge in [0.05, 0.1) is 17.6 Å². The zero-order valence-corrected chi connectivity index (χ0v) is 20.1. The van der Waals surface area contributed by atoms with Crippen LogP contribution in [-0.4, -0.2) is 70.7 Å². The van der Waals surface area contributed by atoms with Crippen molar-refractivity contribution < 1.29 is 9.59 Å². The predicted molar refractivity (Wildman–Crippen MR) is 134 cm³/mol.